The number of hydrogen-bond acceptors (Lipinski definition) is 5. The van der Waals surface area contributed by atoms with Gasteiger partial charge in [-0.05, 0) is 26.0 Å². The number of aromatic amines is 1. The van der Waals surface area contributed by atoms with Crippen molar-refractivity contribution in [2.24, 2.45) is 0 Å². The van der Waals surface area contributed by atoms with Crippen molar-refractivity contribution < 1.29 is 14.1 Å². The van der Waals surface area contributed by atoms with Gasteiger partial charge in [0.05, 0.1) is 18.5 Å². The number of rotatable bonds is 3. The Labute approximate surface area is 150 Å². The molecule has 0 saturated carbocycles. The first-order valence-electron chi connectivity index (χ1n) is 8.51. The molecule has 0 saturated heterocycles. The van der Waals surface area contributed by atoms with Gasteiger partial charge in [0, 0.05) is 36.3 Å². The molecule has 4 rings (SSSR count). The third-order valence-corrected chi connectivity index (χ3v) is 4.81. The molecule has 1 aliphatic rings. The zero-order chi connectivity index (χ0) is 18.3. The summed E-state index contributed by atoms with van der Waals surface area (Å²) in [6.07, 6.45) is 0.738. The molecule has 1 aromatic carbocycles. The normalized spacial score (nSPS) is 13.6. The van der Waals surface area contributed by atoms with Crippen LogP contribution in [0.1, 0.15) is 33.1 Å². The first-order chi connectivity index (χ1) is 12.6. The zero-order valence-corrected chi connectivity index (χ0v) is 15.0. The highest BCUT2D eigenvalue weighted by Gasteiger charge is 2.29. The van der Waals surface area contributed by atoms with Gasteiger partial charge in [0.2, 0.25) is 0 Å². The van der Waals surface area contributed by atoms with Gasteiger partial charge in [-0.25, -0.2) is 0 Å². The summed E-state index contributed by atoms with van der Waals surface area (Å²) in [5.74, 6) is 1.28. The highest BCUT2D eigenvalue weighted by atomic mass is 16.5. The van der Waals surface area contributed by atoms with Crippen LogP contribution >= 0.6 is 0 Å². The minimum atomic E-state index is -0.0512. The van der Waals surface area contributed by atoms with Gasteiger partial charge >= 0.3 is 0 Å². The Hall–Kier alpha value is -3.09. The third kappa shape index (κ3) is 2.65. The first-order valence-corrected chi connectivity index (χ1v) is 8.51. The number of H-pyrrole nitrogens is 1. The van der Waals surface area contributed by atoms with Crippen molar-refractivity contribution in [1.29, 1.82) is 0 Å². The van der Waals surface area contributed by atoms with E-state index in [0.29, 0.717) is 30.1 Å². The molecule has 134 valence electrons. The minimum Gasteiger partial charge on any atom is -0.497 e. The molecule has 3 aromatic rings. The Morgan fingerprint density at radius 1 is 1.35 bits per heavy atom. The van der Waals surface area contributed by atoms with Crippen LogP contribution in [-0.4, -0.2) is 39.8 Å². The molecular weight excluding hydrogens is 332 g/mol. The Bertz CT molecular complexity index is 954. The average molecular weight is 352 g/mol. The monoisotopic (exact) mass is 352 g/mol. The van der Waals surface area contributed by atoms with E-state index in [1.165, 1.54) is 0 Å². The van der Waals surface area contributed by atoms with E-state index in [4.69, 9.17) is 9.26 Å². The number of carbonyl (C=O) groups is 1. The smallest absolute Gasteiger partial charge is 0.259 e. The van der Waals surface area contributed by atoms with E-state index >= 15 is 0 Å². The average Bonchev–Trinajstić information content (AvgIpc) is 3.23. The molecule has 1 aliphatic heterocycles. The predicted octanol–water partition coefficient (Wildman–Crippen LogP) is 2.89. The molecule has 2 aromatic heterocycles. The van der Waals surface area contributed by atoms with Crippen molar-refractivity contribution in [3.05, 3.63) is 52.5 Å². The Morgan fingerprint density at radius 2 is 2.19 bits per heavy atom. The Kier molecular flexibility index (Phi) is 3.99. The summed E-state index contributed by atoms with van der Waals surface area (Å²) >= 11 is 0. The number of hydrogen-bond donors (Lipinski definition) is 1. The Morgan fingerprint density at radius 3 is 2.92 bits per heavy atom. The standard InChI is InChI=1S/C19H20N4O3/c1-11-17(12(2)26-22-11)19(24)23-8-7-16-15(10-23)18(21-20-16)13-5-4-6-14(9-13)25-3/h4-6,9H,7-8,10H2,1-3H3,(H,20,21). The molecule has 26 heavy (non-hydrogen) atoms. The van der Waals surface area contributed by atoms with Crippen LogP contribution in [0.3, 0.4) is 0 Å². The van der Waals surface area contributed by atoms with E-state index in [-0.39, 0.29) is 5.91 Å². The summed E-state index contributed by atoms with van der Waals surface area (Å²) in [5.41, 5.74) is 5.12. The van der Waals surface area contributed by atoms with Crippen molar-refractivity contribution in [3.8, 4) is 17.0 Å². The summed E-state index contributed by atoms with van der Waals surface area (Å²) in [5, 5.41) is 11.5. The topological polar surface area (TPSA) is 84.2 Å². The number of methoxy groups -OCH3 is 1. The van der Waals surface area contributed by atoms with Crippen LogP contribution in [0.15, 0.2) is 28.8 Å². The van der Waals surface area contributed by atoms with E-state index in [1.807, 2.05) is 29.2 Å². The second kappa shape index (κ2) is 6.33. The predicted molar refractivity (Wildman–Crippen MR) is 95.0 cm³/mol. The molecule has 1 amide bonds. The van der Waals surface area contributed by atoms with Gasteiger partial charge in [-0.2, -0.15) is 5.10 Å². The lowest BCUT2D eigenvalue weighted by atomic mass is 10.00. The molecule has 0 fully saturated rings. The summed E-state index contributed by atoms with van der Waals surface area (Å²) < 4.78 is 10.5. The number of aryl methyl sites for hydroxylation is 2. The third-order valence-electron chi connectivity index (χ3n) is 4.81. The molecule has 0 spiro atoms. The fraction of sp³-hybridized carbons (Fsp3) is 0.316. The molecule has 0 radical (unpaired) electrons. The Balaban J connectivity index is 1.66. The van der Waals surface area contributed by atoms with Gasteiger partial charge in [0.25, 0.3) is 5.91 Å². The summed E-state index contributed by atoms with van der Waals surface area (Å²) in [6.45, 7) is 4.69. The van der Waals surface area contributed by atoms with Crippen LogP contribution in [0.25, 0.3) is 11.3 Å². The van der Waals surface area contributed by atoms with Crippen molar-refractivity contribution in [2.45, 2.75) is 26.8 Å². The maximum atomic E-state index is 13.0. The van der Waals surface area contributed by atoms with E-state index in [2.05, 4.69) is 15.4 Å². The van der Waals surface area contributed by atoms with Crippen molar-refractivity contribution in [1.82, 2.24) is 20.3 Å². The van der Waals surface area contributed by atoms with E-state index in [0.717, 1.165) is 34.7 Å². The maximum absolute atomic E-state index is 13.0. The second-order valence-corrected chi connectivity index (χ2v) is 6.44. The lowest BCUT2D eigenvalue weighted by molar-refractivity contribution is 0.0732. The van der Waals surface area contributed by atoms with E-state index in [9.17, 15) is 4.79 Å². The fourth-order valence-corrected chi connectivity index (χ4v) is 3.42. The van der Waals surface area contributed by atoms with E-state index < -0.39 is 0 Å². The molecule has 7 nitrogen and oxygen atoms in total. The molecule has 0 bridgehead atoms. The van der Waals surface area contributed by atoms with Crippen LogP contribution in [0, 0.1) is 13.8 Å². The van der Waals surface area contributed by atoms with Gasteiger partial charge in [-0.3, -0.25) is 9.89 Å². The second-order valence-electron chi connectivity index (χ2n) is 6.44. The number of nitrogens with one attached hydrogen (secondary N) is 1. The van der Waals surface area contributed by atoms with Gasteiger partial charge in [-0.1, -0.05) is 17.3 Å². The van der Waals surface area contributed by atoms with Crippen LogP contribution in [0.4, 0.5) is 0 Å². The maximum Gasteiger partial charge on any atom is 0.259 e. The fourth-order valence-electron chi connectivity index (χ4n) is 3.42. The molecule has 7 heteroatoms. The number of nitrogens with zero attached hydrogens (tertiary/aromatic N) is 3. The minimum absolute atomic E-state index is 0.0512. The lowest BCUT2D eigenvalue weighted by Gasteiger charge is -2.27. The molecular formula is C19H20N4O3. The molecule has 0 unspecified atom stereocenters. The van der Waals surface area contributed by atoms with Gasteiger partial charge < -0.3 is 14.2 Å². The SMILES string of the molecule is COc1cccc(-c2n[nH]c3c2CN(C(=O)c2c(C)noc2C)CC3)c1. The van der Waals surface area contributed by atoms with Crippen LogP contribution in [0.2, 0.25) is 0 Å². The van der Waals surface area contributed by atoms with Crippen LogP contribution in [-0.2, 0) is 13.0 Å². The van der Waals surface area contributed by atoms with Crippen LogP contribution in [0.5, 0.6) is 5.75 Å². The van der Waals surface area contributed by atoms with Crippen molar-refractivity contribution in [2.75, 3.05) is 13.7 Å². The number of carbonyl (C=O) groups excluding carboxylic acids is 1. The molecule has 3 heterocycles. The van der Waals surface area contributed by atoms with E-state index in [1.54, 1.807) is 21.0 Å². The van der Waals surface area contributed by atoms with Gasteiger partial charge in [0.1, 0.15) is 17.1 Å². The molecule has 0 aliphatic carbocycles. The summed E-state index contributed by atoms with van der Waals surface area (Å²) in [6, 6.07) is 7.78. The van der Waals surface area contributed by atoms with Gasteiger partial charge in [-0.15, -0.1) is 0 Å². The number of ether oxygens (including phenoxy) is 1. The summed E-state index contributed by atoms with van der Waals surface area (Å²) in [4.78, 5) is 14.8. The highest BCUT2D eigenvalue weighted by molar-refractivity contribution is 5.96. The summed E-state index contributed by atoms with van der Waals surface area (Å²) in [7, 11) is 1.64. The van der Waals surface area contributed by atoms with Gasteiger partial charge in [0.15, 0.2) is 0 Å². The number of benzene rings is 1. The van der Waals surface area contributed by atoms with Crippen LogP contribution < -0.4 is 4.74 Å². The largest absolute Gasteiger partial charge is 0.497 e. The number of amides is 1. The molecule has 0 atom stereocenters. The van der Waals surface area contributed by atoms with Crippen molar-refractivity contribution >= 4 is 5.91 Å². The highest BCUT2D eigenvalue weighted by Crippen LogP contribution is 2.31. The van der Waals surface area contributed by atoms with Crippen molar-refractivity contribution in [3.63, 3.8) is 0 Å². The number of fused-ring (bicyclic) bond motifs is 1. The quantitative estimate of drug-likeness (QED) is 0.783. The number of aromatic nitrogens is 3. The lowest BCUT2D eigenvalue weighted by Crippen LogP contribution is -2.36. The first kappa shape index (κ1) is 16.4. The zero-order valence-electron chi connectivity index (χ0n) is 15.0. The molecule has 1 N–H and O–H groups in total.